The molecule has 0 saturated heterocycles. The Labute approximate surface area is 150 Å². The molecular formula is C20H14N2O3S. The molecule has 0 atom stereocenters. The number of hydrogen-bond donors (Lipinski definition) is 1. The van der Waals surface area contributed by atoms with Crippen LogP contribution in [-0.2, 0) is 10.1 Å². The van der Waals surface area contributed by atoms with E-state index in [9.17, 15) is 13.0 Å². The molecule has 4 rings (SSSR count). The van der Waals surface area contributed by atoms with E-state index in [1.165, 1.54) is 6.07 Å². The average Bonchev–Trinajstić information content (AvgIpc) is 2.65. The van der Waals surface area contributed by atoms with Crippen LogP contribution in [0.3, 0.4) is 0 Å². The third-order valence-electron chi connectivity index (χ3n) is 4.17. The smallest absolute Gasteiger partial charge is 0.282 e. The Balaban J connectivity index is 1.87. The quantitative estimate of drug-likeness (QED) is 0.377. The zero-order valence-corrected chi connectivity index (χ0v) is 14.4. The van der Waals surface area contributed by atoms with Gasteiger partial charge in [0.15, 0.2) is 0 Å². The molecule has 0 fully saturated rings. The summed E-state index contributed by atoms with van der Waals surface area (Å²) in [6.07, 6.45) is 0. The first-order valence-corrected chi connectivity index (χ1v) is 9.37. The van der Waals surface area contributed by atoms with Crippen LogP contribution in [-0.4, -0.2) is 13.0 Å². The Morgan fingerprint density at radius 3 is 1.92 bits per heavy atom. The molecule has 0 bridgehead atoms. The monoisotopic (exact) mass is 362 g/mol. The molecule has 4 aromatic rings. The second-order valence-corrected chi connectivity index (χ2v) is 7.19. The summed E-state index contributed by atoms with van der Waals surface area (Å²) in [4.78, 5) is -0.141. The first-order valence-electron chi connectivity index (χ1n) is 7.93. The van der Waals surface area contributed by atoms with Crippen LogP contribution in [0, 0.1) is 0 Å². The number of azo groups is 1. The van der Waals surface area contributed by atoms with E-state index >= 15 is 0 Å². The van der Waals surface area contributed by atoms with Gasteiger partial charge in [-0.05, 0) is 23.6 Å². The molecule has 4 aromatic carbocycles. The fourth-order valence-corrected chi connectivity index (χ4v) is 3.67. The van der Waals surface area contributed by atoms with Gasteiger partial charge in [0, 0.05) is 16.2 Å². The molecule has 0 spiro atoms. The molecule has 0 aliphatic carbocycles. The molecule has 0 amide bonds. The van der Waals surface area contributed by atoms with E-state index in [4.69, 9.17) is 0 Å². The maximum atomic E-state index is 11.6. The van der Waals surface area contributed by atoms with Gasteiger partial charge in [-0.3, -0.25) is 4.55 Å². The predicted octanol–water partition coefficient (Wildman–Crippen LogP) is 5.66. The van der Waals surface area contributed by atoms with Crippen LogP contribution in [0.5, 0.6) is 0 Å². The lowest BCUT2D eigenvalue weighted by molar-refractivity contribution is 0.484. The number of hydrogen-bond acceptors (Lipinski definition) is 4. The molecule has 0 saturated carbocycles. The molecule has 0 aromatic heterocycles. The maximum absolute atomic E-state index is 11.6. The van der Waals surface area contributed by atoms with Crippen molar-refractivity contribution in [3.63, 3.8) is 0 Å². The summed E-state index contributed by atoms with van der Waals surface area (Å²) in [7, 11) is -4.31. The second kappa shape index (κ2) is 6.33. The Hall–Kier alpha value is -3.09. The van der Waals surface area contributed by atoms with Crippen molar-refractivity contribution in [1.82, 2.24) is 0 Å². The number of benzene rings is 4. The second-order valence-electron chi connectivity index (χ2n) is 5.80. The van der Waals surface area contributed by atoms with Crippen molar-refractivity contribution >= 4 is 43.0 Å². The molecule has 1 N–H and O–H groups in total. The van der Waals surface area contributed by atoms with Crippen LogP contribution < -0.4 is 0 Å². The van der Waals surface area contributed by atoms with E-state index < -0.39 is 10.1 Å². The molecule has 5 nitrogen and oxygen atoms in total. The minimum Gasteiger partial charge on any atom is -0.282 e. The van der Waals surface area contributed by atoms with E-state index in [1.807, 2.05) is 42.5 Å². The molecule has 0 heterocycles. The van der Waals surface area contributed by atoms with Crippen LogP contribution >= 0.6 is 0 Å². The van der Waals surface area contributed by atoms with E-state index in [0.717, 1.165) is 16.5 Å². The fourth-order valence-electron chi connectivity index (χ4n) is 2.97. The van der Waals surface area contributed by atoms with Crippen LogP contribution in [0.1, 0.15) is 0 Å². The summed E-state index contributed by atoms with van der Waals surface area (Å²) in [6.45, 7) is 0. The summed E-state index contributed by atoms with van der Waals surface area (Å²) in [5.41, 5.74) is 1.26. The third kappa shape index (κ3) is 2.96. The van der Waals surface area contributed by atoms with Crippen molar-refractivity contribution in [3.8, 4) is 0 Å². The van der Waals surface area contributed by atoms with Gasteiger partial charge in [-0.15, -0.1) is 10.2 Å². The highest BCUT2D eigenvalue weighted by molar-refractivity contribution is 7.86. The van der Waals surface area contributed by atoms with Crippen molar-refractivity contribution < 1.29 is 13.0 Å². The topological polar surface area (TPSA) is 79.1 Å². The van der Waals surface area contributed by atoms with E-state index in [-0.39, 0.29) is 4.90 Å². The minimum atomic E-state index is -4.31. The van der Waals surface area contributed by atoms with Crippen LogP contribution in [0.15, 0.2) is 94.0 Å². The SMILES string of the molecule is O=S(=O)(O)c1ccc(N=Nc2cccc3ccccc23)c2ccccc12. The van der Waals surface area contributed by atoms with Gasteiger partial charge in [0.05, 0.1) is 11.4 Å². The molecule has 0 aliphatic heterocycles. The highest BCUT2D eigenvalue weighted by Gasteiger charge is 2.15. The predicted molar refractivity (Wildman–Crippen MR) is 102 cm³/mol. The minimum absolute atomic E-state index is 0.141. The van der Waals surface area contributed by atoms with E-state index in [1.54, 1.807) is 30.3 Å². The van der Waals surface area contributed by atoms with Crippen molar-refractivity contribution in [2.75, 3.05) is 0 Å². The fraction of sp³-hybridized carbons (Fsp3) is 0. The van der Waals surface area contributed by atoms with Crippen LogP contribution in [0.4, 0.5) is 11.4 Å². The first-order chi connectivity index (χ1) is 12.5. The standard InChI is InChI=1S/C20H14N2O3S/c23-26(24,25)20-13-12-19(16-9-3-4-10-17(16)20)22-21-18-11-5-7-14-6-1-2-8-15(14)18/h1-13H,(H,23,24,25). The van der Waals surface area contributed by atoms with Crippen molar-refractivity contribution in [1.29, 1.82) is 0 Å². The number of rotatable bonds is 3. The number of fused-ring (bicyclic) bond motifs is 2. The van der Waals surface area contributed by atoms with Crippen LogP contribution in [0.2, 0.25) is 0 Å². The Morgan fingerprint density at radius 2 is 1.19 bits per heavy atom. The van der Waals surface area contributed by atoms with Gasteiger partial charge in [0.25, 0.3) is 10.1 Å². The van der Waals surface area contributed by atoms with Gasteiger partial charge in [0.2, 0.25) is 0 Å². The summed E-state index contributed by atoms with van der Waals surface area (Å²) >= 11 is 0. The lowest BCUT2D eigenvalue weighted by Crippen LogP contribution is -1.98. The number of nitrogens with zero attached hydrogens (tertiary/aromatic N) is 2. The molecular weight excluding hydrogens is 348 g/mol. The summed E-state index contributed by atoms with van der Waals surface area (Å²) in [6, 6.07) is 23.4. The summed E-state index contributed by atoms with van der Waals surface area (Å²) < 4.78 is 32.6. The summed E-state index contributed by atoms with van der Waals surface area (Å²) in [5, 5.41) is 11.7. The highest BCUT2D eigenvalue weighted by Crippen LogP contribution is 2.33. The average molecular weight is 362 g/mol. The van der Waals surface area contributed by atoms with E-state index in [2.05, 4.69) is 10.2 Å². The zero-order valence-electron chi connectivity index (χ0n) is 13.6. The molecule has 0 unspecified atom stereocenters. The van der Waals surface area contributed by atoms with Gasteiger partial charge in [-0.2, -0.15) is 8.42 Å². The largest absolute Gasteiger partial charge is 0.295 e. The van der Waals surface area contributed by atoms with Crippen molar-refractivity contribution in [3.05, 3.63) is 78.9 Å². The molecule has 0 aliphatic rings. The van der Waals surface area contributed by atoms with Crippen LogP contribution in [0.25, 0.3) is 21.5 Å². The Morgan fingerprint density at radius 1 is 0.615 bits per heavy atom. The van der Waals surface area contributed by atoms with Crippen molar-refractivity contribution in [2.45, 2.75) is 4.90 Å². The molecule has 128 valence electrons. The molecule has 26 heavy (non-hydrogen) atoms. The lowest BCUT2D eigenvalue weighted by atomic mass is 10.1. The van der Waals surface area contributed by atoms with Gasteiger partial charge in [-0.25, -0.2) is 0 Å². The Bertz CT molecular complexity index is 1260. The molecule has 0 radical (unpaired) electrons. The van der Waals surface area contributed by atoms with Crippen molar-refractivity contribution in [2.24, 2.45) is 10.2 Å². The van der Waals surface area contributed by atoms with E-state index in [0.29, 0.717) is 16.5 Å². The van der Waals surface area contributed by atoms with Gasteiger partial charge in [0.1, 0.15) is 4.90 Å². The zero-order chi connectivity index (χ0) is 18.1. The Kier molecular flexibility index (Phi) is 3.99. The molecule has 6 heteroatoms. The van der Waals surface area contributed by atoms with Gasteiger partial charge in [-0.1, -0.05) is 60.7 Å². The first kappa shape index (κ1) is 16.4. The third-order valence-corrected chi connectivity index (χ3v) is 5.08. The summed E-state index contributed by atoms with van der Waals surface area (Å²) in [5.74, 6) is 0. The lowest BCUT2D eigenvalue weighted by Gasteiger charge is -2.06. The highest BCUT2D eigenvalue weighted by atomic mass is 32.2. The van der Waals surface area contributed by atoms with Gasteiger partial charge >= 0.3 is 0 Å². The maximum Gasteiger partial charge on any atom is 0.295 e. The normalized spacial score (nSPS) is 12.2. The van der Waals surface area contributed by atoms with Gasteiger partial charge < -0.3 is 0 Å².